The van der Waals surface area contributed by atoms with Crippen LogP contribution in [-0.4, -0.2) is 0 Å². The van der Waals surface area contributed by atoms with Crippen molar-refractivity contribution in [1.82, 2.24) is 0 Å². The third-order valence-corrected chi connectivity index (χ3v) is 13.7. The maximum Gasteiger partial charge on any atom is 0.0540 e. The SMILES string of the molecule is CC1(C)c2ccccc2-c2c(-c3ccccc3N(c3ccc(-c4cccc5ccccc45)cc3)c3ccccc3-c3cccc4cccc(C5CCCCC5)c34)cccc21. The van der Waals surface area contributed by atoms with Gasteiger partial charge in [-0.1, -0.05) is 203 Å². The van der Waals surface area contributed by atoms with Crippen molar-refractivity contribution in [2.75, 3.05) is 4.90 Å². The van der Waals surface area contributed by atoms with Gasteiger partial charge < -0.3 is 4.90 Å². The number of hydrogen-bond donors (Lipinski definition) is 0. The maximum atomic E-state index is 2.53. The van der Waals surface area contributed by atoms with Gasteiger partial charge in [-0.2, -0.15) is 0 Å². The summed E-state index contributed by atoms with van der Waals surface area (Å²) in [5.74, 6) is 0.585. The molecule has 2 aliphatic carbocycles. The van der Waals surface area contributed by atoms with Crippen molar-refractivity contribution in [3.8, 4) is 44.5 Å². The fraction of sp³-hybridized carbons (Fsp3) is 0.153. The van der Waals surface area contributed by atoms with Crippen LogP contribution in [0.25, 0.3) is 66.1 Å². The van der Waals surface area contributed by atoms with Crippen LogP contribution in [0.4, 0.5) is 17.1 Å². The number of rotatable bonds is 7. The Morgan fingerprint density at radius 2 is 0.950 bits per heavy atom. The zero-order chi connectivity index (χ0) is 40.2. The van der Waals surface area contributed by atoms with Gasteiger partial charge in [0.05, 0.1) is 11.4 Å². The second-order valence-corrected chi connectivity index (χ2v) is 17.4. The van der Waals surface area contributed by atoms with E-state index in [1.165, 1.54) is 121 Å². The standard InChI is InChI=1S/C59H49N/c1-59(2)53-32-11-8-27-52(53)58-51(31-17-33-54(58)59)49-26-10-13-35-56(49)60(44-38-36-42(37-39-44)46-28-14-21-40-20-6-7-24-45(40)46)55-34-12-9-25-48(55)50-30-16-23-43-22-15-29-47(57(43)50)41-18-4-3-5-19-41/h6-17,20-39,41H,3-5,18-19H2,1-2H3. The van der Waals surface area contributed by atoms with Crippen LogP contribution in [0.5, 0.6) is 0 Å². The summed E-state index contributed by atoms with van der Waals surface area (Å²) in [7, 11) is 0. The summed E-state index contributed by atoms with van der Waals surface area (Å²) in [6, 6.07) is 72.7. The molecule has 0 heterocycles. The molecule has 60 heavy (non-hydrogen) atoms. The molecule has 1 fully saturated rings. The zero-order valence-corrected chi connectivity index (χ0v) is 34.5. The molecule has 0 atom stereocenters. The molecule has 11 rings (SSSR count). The molecule has 1 saturated carbocycles. The van der Waals surface area contributed by atoms with E-state index in [9.17, 15) is 0 Å². The van der Waals surface area contributed by atoms with Crippen LogP contribution in [0.3, 0.4) is 0 Å². The lowest BCUT2D eigenvalue weighted by molar-refractivity contribution is 0.445. The Bertz CT molecular complexity index is 3040. The molecular weight excluding hydrogens is 723 g/mol. The van der Waals surface area contributed by atoms with E-state index in [1.54, 1.807) is 0 Å². The summed E-state index contributed by atoms with van der Waals surface area (Å²) in [5.41, 5.74) is 17.8. The Balaban J connectivity index is 1.15. The first kappa shape index (κ1) is 36.4. The number of hydrogen-bond acceptors (Lipinski definition) is 1. The summed E-state index contributed by atoms with van der Waals surface area (Å²) in [4.78, 5) is 2.53. The number of nitrogens with zero attached hydrogens (tertiary/aromatic N) is 1. The highest BCUT2D eigenvalue weighted by molar-refractivity contribution is 6.05. The van der Waals surface area contributed by atoms with E-state index < -0.39 is 0 Å². The highest BCUT2D eigenvalue weighted by Crippen LogP contribution is 2.54. The average molecular weight is 772 g/mol. The van der Waals surface area contributed by atoms with Gasteiger partial charge in [0.15, 0.2) is 0 Å². The molecule has 0 aliphatic heterocycles. The van der Waals surface area contributed by atoms with Crippen molar-refractivity contribution in [2.24, 2.45) is 0 Å². The molecule has 1 heteroatoms. The van der Waals surface area contributed by atoms with Crippen molar-refractivity contribution in [3.63, 3.8) is 0 Å². The number of para-hydroxylation sites is 2. The topological polar surface area (TPSA) is 3.24 Å². The van der Waals surface area contributed by atoms with Crippen LogP contribution in [0.1, 0.15) is 68.6 Å². The molecule has 0 radical (unpaired) electrons. The third-order valence-electron chi connectivity index (χ3n) is 13.7. The summed E-state index contributed by atoms with van der Waals surface area (Å²) in [5, 5.41) is 5.24. The van der Waals surface area contributed by atoms with Crippen molar-refractivity contribution in [3.05, 3.63) is 211 Å². The van der Waals surface area contributed by atoms with E-state index in [-0.39, 0.29) is 5.41 Å². The van der Waals surface area contributed by atoms with Gasteiger partial charge in [-0.15, -0.1) is 0 Å². The van der Waals surface area contributed by atoms with Crippen molar-refractivity contribution in [1.29, 1.82) is 0 Å². The molecule has 1 nitrogen and oxygen atoms in total. The van der Waals surface area contributed by atoms with Gasteiger partial charge in [0.25, 0.3) is 0 Å². The lowest BCUT2D eigenvalue weighted by Gasteiger charge is -2.31. The average Bonchev–Trinajstić information content (AvgIpc) is 3.55. The van der Waals surface area contributed by atoms with E-state index in [4.69, 9.17) is 0 Å². The van der Waals surface area contributed by atoms with Gasteiger partial charge >= 0.3 is 0 Å². The van der Waals surface area contributed by atoms with Gasteiger partial charge in [0, 0.05) is 22.2 Å². The Morgan fingerprint density at radius 3 is 1.72 bits per heavy atom. The molecule has 0 N–H and O–H groups in total. The van der Waals surface area contributed by atoms with Crippen LogP contribution in [0, 0.1) is 0 Å². The molecule has 0 aromatic heterocycles. The Kier molecular flexibility index (Phi) is 9.00. The van der Waals surface area contributed by atoms with Crippen LogP contribution in [0.15, 0.2) is 194 Å². The van der Waals surface area contributed by atoms with Crippen LogP contribution in [0.2, 0.25) is 0 Å². The van der Waals surface area contributed by atoms with Crippen LogP contribution >= 0.6 is 0 Å². The molecule has 0 amide bonds. The normalized spacial score (nSPS) is 14.6. The Morgan fingerprint density at radius 1 is 0.417 bits per heavy atom. The highest BCUT2D eigenvalue weighted by Gasteiger charge is 2.37. The second-order valence-electron chi connectivity index (χ2n) is 17.4. The fourth-order valence-corrected chi connectivity index (χ4v) is 10.8. The van der Waals surface area contributed by atoms with Crippen molar-refractivity contribution >= 4 is 38.6 Å². The van der Waals surface area contributed by atoms with Crippen LogP contribution in [-0.2, 0) is 5.41 Å². The van der Waals surface area contributed by atoms with Gasteiger partial charge in [-0.3, -0.25) is 0 Å². The molecule has 9 aromatic carbocycles. The Hall–Kier alpha value is -6.70. The minimum atomic E-state index is -0.0922. The predicted octanol–water partition coefficient (Wildman–Crippen LogP) is 16.8. The number of anilines is 3. The third kappa shape index (κ3) is 5.98. The maximum absolute atomic E-state index is 2.53. The number of fused-ring (bicyclic) bond motifs is 5. The van der Waals surface area contributed by atoms with E-state index >= 15 is 0 Å². The van der Waals surface area contributed by atoms with Gasteiger partial charge in [-0.25, -0.2) is 0 Å². The smallest absolute Gasteiger partial charge is 0.0540 e. The van der Waals surface area contributed by atoms with Crippen molar-refractivity contribution in [2.45, 2.75) is 57.3 Å². The van der Waals surface area contributed by atoms with E-state index in [2.05, 4.69) is 213 Å². The first-order valence-electron chi connectivity index (χ1n) is 21.9. The summed E-state index contributed by atoms with van der Waals surface area (Å²) >= 11 is 0. The molecule has 0 bridgehead atoms. The monoisotopic (exact) mass is 771 g/mol. The van der Waals surface area contributed by atoms with Gasteiger partial charge in [0.1, 0.15) is 0 Å². The molecule has 0 saturated heterocycles. The molecule has 9 aromatic rings. The first-order chi connectivity index (χ1) is 29.6. The second kappa shape index (κ2) is 14.8. The molecule has 0 spiro atoms. The minimum absolute atomic E-state index is 0.0922. The highest BCUT2D eigenvalue weighted by atomic mass is 15.1. The Labute approximate surface area is 354 Å². The minimum Gasteiger partial charge on any atom is -0.309 e. The van der Waals surface area contributed by atoms with Crippen molar-refractivity contribution < 1.29 is 0 Å². The lowest BCUT2D eigenvalue weighted by Crippen LogP contribution is -2.15. The summed E-state index contributed by atoms with van der Waals surface area (Å²) < 4.78 is 0. The number of benzene rings is 9. The predicted molar refractivity (Wildman–Crippen MR) is 256 cm³/mol. The quantitative estimate of drug-likeness (QED) is 0.156. The lowest BCUT2D eigenvalue weighted by atomic mass is 9.80. The molecular formula is C59H49N. The molecule has 2 aliphatic rings. The van der Waals surface area contributed by atoms with E-state index in [0.29, 0.717) is 5.92 Å². The van der Waals surface area contributed by atoms with Gasteiger partial charge in [0.2, 0.25) is 0 Å². The summed E-state index contributed by atoms with van der Waals surface area (Å²) in [6.45, 7) is 4.75. The van der Waals surface area contributed by atoms with Crippen LogP contribution < -0.4 is 4.90 Å². The summed E-state index contributed by atoms with van der Waals surface area (Å²) in [6.07, 6.45) is 6.49. The van der Waals surface area contributed by atoms with Gasteiger partial charge in [-0.05, 0) is 115 Å². The fourth-order valence-electron chi connectivity index (χ4n) is 10.8. The largest absolute Gasteiger partial charge is 0.309 e. The van der Waals surface area contributed by atoms with E-state index in [1.807, 2.05) is 0 Å². The molecule has 0 unspecified atom stereocenters. The molecule has 290 valence electrons. The van der Waals surface area contributed by atoms with E-state index in [0.717, 1.165) is 11.4 Å². The first-order valence-corrected chi connectivity index (χ1v) is 21.9. The zero-order valence-electron chi connectivity index (χ0n) is 34.5.